The zero-order valence-electron chi connectivity index (χ0n) is 5.03. The molecule has 0 aromatic carbocycles. The SMILES string of the molecule is CC(C)F.CNN. The number of nitrogens with two attached hydrogens (primary N) is 1. The van der Waals surface area contributed by atoms with E-state index in [4.69, 9.17) is 0 Å². The molecule has 7 heavy (non-hydrogen) atoms. The molecule has 0 unspecified atom stereocenters. The van der Waals surface area contributed by atoms with Gasteiger partial charge in [0, 0.05) is 0 Å². The predicted octanol–water partition coefficient (Wildman–Crippen LogP) is 0.444. The maximum atomic E-state index is 11.0. The first kappa shape index (κ1) is 9.97. The number of halogens is 1. The number of hydrogen-bond donors (Lipinski definition) is 2. The summed E-state index contributed by atoms with van der Waals surface area (Å²) in [6.07, 6.45) is -0.667. The number of rotatable bonds is 0. The Kier molecular flexibility index (Phi) is 13.2. The summed E-state index contributed by atoms with van der Waals surface area (Å²) in [4.78, 5) is 0. The topological polar surface area (TPSA) is 38.0 Å². The van der Waals surface area contributed by atoms with Gasteiger partial charge in [-0.1, -0.05) is 0 Å². The normalized spacial score (nSPS) is 7.71. The maximum absolute atomic E-state index is 11.0. The summed E-state index contributed by atoms with van der Waals surface area (Å²) in [5.74, 6) is 4.60. The molecule has 0 bridgehead atoms. The van der Waals surface area contributed by atoms with Gasteiger partial charge in [-0.25, -0.2) is 4.39 Å². The molecule has 46 valence electrons. The van der Waals surface area contributed by atoms with Crippen LogP contribution in [-0.2, 0) is 0 Å². The summed E-state index contributed by atoms with van der Waals surface area (Å²) in [6.45, 7) is 3.00. The van der Waals surface area contributed by atoms with Crippen LogP contribution in [0.15, 0.2) is 0 Å². The van der Waals surface area contributed by atoms with E-state index >= 15 is 0 Å². The molecule has 0 rings (SSSR count). The van der Waals surface area contributed by atoms with Gasteiger partial charge in [-0.2, -0.15) is 0 Å². The lowest BCUT2D eigenvalue weighted by atomic mass is 10.5. The van der Waals surface area contributed by atoms with E-state index in [9.17, 15) is 4.39 Å². The van der Waals surface area contributed by atoms with Gasteiger partial charge in [-0.3, -0.25) is 11.3 Å². The highest BCUT2D eigenvalue weighted by atomic mass is 19.1. The van der Waals surface area contributed by atoms with E-state index in [1.54, 1.807) is 7.05 Å². The number of hydrazine groups is 1. The van der Waals surface area contributed by atoms with Gasteiger partial charge < -0.3 is 0 Å². The first-order valence-electron chi connectivity index (χ1n) is 2.16. The molecule has 0 radical (unpaired) electrons. The fourth-order valence-electron chi connectivity index (χ4n) is 0. The Morgan fingerprint density at radius 1 is 1.57 bits per heavy atom. The quantitative estimate of drug-likeness (QED) is 0.349. The second-order valence-electron chi connectivity index (χ2n) is 1.30. The number of alkyl halides is 1. The minimum Gasteiger partial charge on any atom is -0.272 e. The molecule has 0 amide bonds. The fourth-order valence-corrected chi connectivity index (χ4v) is 0. The van der Waals surface area contributed by atoms with Gasteiger partial charge in [0.05, 0.1) is 6.17 Å². The molecule has 0 aliphatic heterocycles. The van der Waals surface area contributed by atoms with E-state index in [0.29, 0.717) is 0 Å². The van der Waals surface area contributed by atoms with Crippen LogP contribution < -0.4 is 11.3 Å². The lowest BCUT2D eigenvalue weighted by Gasteiger charge is -1.74. The van der Waals surface area contributed by atoms with Crippen LogP contribution in [0.4, 0.5) is 4.39 Å². The molecular formula is C4H13FN2. The number of nitrogens with one attached hydrogen (secondary N) is 1. The highest BCUT2D eigenvalue weighted by Crippen LogP contribution is 1.77. The molecule has 0 aliphatic carbocycles. The zero-order valence-corrected chi connectivity index (χ0v) is 5.03. The van der Waals surface area contributed by atoms with Gasteiger partial charge in [0.15, 0.2) is 0 Å². The summed E-state index contributed by atoms with van der Waals surface area (Å²) >= 11 is 0. The van der Waals surface area contributed by atoms with Crippen LogP contribution in [0.3, 0.4) is 0 Å². The molecule has 0 spiro atoms. The summed E-state index contributed by atoms with van der Waals surface area (Å²) in [5, 5.41) is 0. The van der Waals surface area contributed by atoms with Gasteiger partial charge in [-0.05, 0) is 20.9 Å². The van der Waals surface area contributed by atoms with Crippen molar-refractivity contribution in [3.8, 4) is 0 Å². The molecule has 0 aromatic heterocycles. The van der Waals surface area contributed by atoms with Crippen molar-refractivity contribution >= 4 is 0 Å². The third-order valence-corrected chi connectivity index (χ3v) is 0. The lowest BCUT2D eigenvalue weighted by molar-refractivity contribution is 0.391. The summed E-state index contributed by atoms with van der Waals surface area (Å²) < 4.78 is 11.0. The van der Waals surface area contributed by atoms with Crippen LogP contribution in [0, 0.1) is 0 Å². The Hall–Kier alpha value is -0.150. The van der Waals surface area contributed by atoms with Crippen molar-refractivity contribution in [3.05, 3.63) is 0 Å². The summed E-state index contributed by atoms with van der Waals surface area (Å²) in [5.41, 5.74) is 2.25. The first-order valence-corrected chi connectivity index (χ1v) is 2.16. The maximum Gasteiger partial charge on any atom is 0.0945 e. The molecule has 2 nitrogen and oxygen atoms in total. The van der Waals surface area contributed by atoms with Crippen molar-refractivity contribution in [2.24, 2.45) is 5.84 Å². The Labute approximate surface area is 43.9 Å². The molecule has 0 atom stereocenters. The van der Waals surface area contributed by atoms with Crippen molar-refractivity contribution in [2.75, 3.05) is 7.05 Å². The van der Waals surface area contributed by atoms with Crippen molar-refractivity contribution < 1.29 is 4.39 Å². The molecule has 0 aromatic rings. The minimum absolute atomic E-state index is 0.667. The van der Waals surface area contributed by atoms with Crippen LogP contribution in [-0.4, -0.2) is 13.2 Å². The first-order chi connectivity index (χ1) is 3.15. The van der Waals surface area contributed by atoms with E-state index < -0.39 is 6.17 Å². The van der Waals surface area contributed by atoms with Gasteiger partial charge in [-0.15, -0.1) is 0 Å². The summed E-state index contributed by atoms with van der Waals surface area (Å²) in [6, 6.07) is 0. The van der Waals surface area contributed by atoms with Crippen molar-refractivity contribution in [3.63, 3.8) is 0 Å². The fraction of sp³-hybridized carbons (Fsp3) is 1.00. The highest BCUT2D eigenvalue weighted by molar-refractivity contribution is 4.22. The third kappa shape index (κ3) is 3850. The standard InChI is InChI=1S/C3H7F.CH6N2/c1-3(2)4;1-3-2/h3H,1-2H3;3H,2H2,1H3. The molecule has 0 aliphatic rings. The van der Waals surface area contributed by atoms with Crippen LogP contribution >= 0.6 is 0 Å². The zero-order chi connectivity index (χ0) is 6.28. The van der Waals surface area contributed by atoms with Crippen molar-refractivity contribution in [1.29, 1.82) is 0 Å². The van der Waals surface area contributed by atoms with E-state index in [1.165, 1.54) is 13.8 Å². The molecule has 0 saturated heterocycles. The Morgan fingerprint density at radius 3 is 1.57 bits per heavy atom. The van der Waals surface area contributed by atoms with Crippen LogP contribution in [0.25, 0.3) is 0 Å². The third-order valence-electron chi connectivity index (χ3n) is 0. The van der Waals surface area contributed by atoms with E-state index in [0.717, 1.165) is 0 Å². The predicted molar refractivity (Wildman–Crippen MR) is 29.5 cm³/mol. The van der Waals surface area contributed by atoms with E-state index in [-0.39, 0.29) is 0 Å². The molecular weight excluding hydrogens is 95.1 g/mol. The van der Waals surface area contributed by atoms with Crippen molar-refractivity contribution in [1.82, 2.24) is 5.43 Å². The highest BCUT2D eigenvalue weighted by Gasteiger charge is 1.73. The van der Waals surface area contributed by atoms with Crippen LogP contribution in [0.5, 0.6) is 0 Å². The molecule has 3 N–H and O–H groups in total. The van der Waals surface area contributed by atoms with Crippen molar-refractivity contribution in [2.45, 2.75) is 20.0 Å². The molecule has 0 fully saturated rings. The Bertz CT molecular complexity index is 20.9. The smallest absolute Gasteiger partial charge is 0.0945 e. The van der Waals surface area contributed by atoms with E-state index in [2.05, 4.69) is 11.3 Å². The van der Waals surface area contributed by atoms with Crippen LogP contribution in [0.2, 0.25) is 0 Å². The van der Waals surface area contributed by atoms with Gasteiger partial charge >= 0.3 is 0 Å². The van der Waals surface area contributed by atoms with E-state index in [1.807, 2.05) is 0 Å². The second-order valence-corrected chi connectivity index (χ2v) is 1.30. The average molecular weight is 108 g/mol. The number of hydrogen-bond acceptors (Lipinski definition) is 2. The van der Waals surface area contributed by atoms with Gasteiger partial charge in [0.2, 0.25) is 0 Å². The Morgan fingerprint density at radius 2 is 1.57 bits per heavy atom. The monoisotopic (exact) mass is 108 g/mol. The second kappa shape index (κ2) is 9.28. The molecule has 3 heteroatoms. The minimum atomic E-state index is -0.667. The molecule has 0 saturated carbocycles. The average Bonchev–Trinajstić information content (AvgIpc) is 1.33. The molecule has 0 heterocycles. The summed E-state index contributed by atoms with van der Waals surface area (Å²) in [7, 11) is 1.65. The lowest BCUT2D eigenvalue weighted by Crippen LogP contribution is -2.13. The van der Waals surface area contributed by atoms with Crippen LogP contribution in [0.1, 0.15) is 13.8 Å². The Balaban J connectivity index is 0. The van der Waals surface area contributed by atoms with Gasteiger partial charge in [0.1, 0.15) is 0 Å². The van der Waals surface area contributed by atoms with Gasteiger partial charge in [0.25, 0.3) is 0 Å². The largest absolute Gasteiger partial charge is 0.272 e.